The molecule has 11 nitrogen and oxygen atoms in total. The summed E-state index contributed by atoms with van der Waals surface area (Å²) in [5.41, 5.74) is 0. The quantitative estimate of drug-likeness (QED) is 0.0340. The molecule has 0 saturated carbocycles. The first kappa shape index (κ1) is 52.3. The molecule has 12 heteroatoms. The van der Waals surface area contributed by atoms with Gasteiger partial charge in [0.05, 0.1) is 139 Å². The molecule has 52 heavy (non-hydrogen) atoms. The van der Waals surface area contributed by atoms with Gasteiger partial charge >= 0.3 is 0 Å². The summed E-state index contributed by atoms with van der Waals surface area (Å²) in [5.74, 6) is 0. The van der Waals surface area contributed by atoms with E-state index in [4.69, 9.17) is 52.1 Å². The van der Waals surface area contributed by atoms with Gasteiger partial charge in [0.1, 0.15) is 0 Å². The summed E-state index contributed by atoms with van der Waals surface area (Å²) in [6.07, 6.45) is 22.2. The Morgan fingerprint density at radius 2 is 0.385 bits per heavy atom. The molecule has 0 aromatic carbocycles. The molecule has 0 aliphatic heterocycles. The molecule has 0 aromatic rings. The van der Waals surface area contributed by atoms with Crippen LogP contribution in [-0.2, 0) is 52.1 Å². The Kier molecular flexibility index (Phi) is 51.6. The average Bonchev–Trinajstić information content (AvgIpc) is 3.16. The van der Waals surface area contributed by atoms with Crippen molar-refractivity contribution in [1.29, 1.82) is 0 Å². The monoisotopic (exact) mass is 864 g/mol. The van der Waals surface area contributed by atoms with Crippen molar-refractivity contribution in [2.75, 3.05) is 150 Å². The molecule has 0 bridgehead atoms. The van der Waals surface area contributed by atoms with Crippen molar-refractivity contribution in [3.8, 4) is 0 Å². The van der Waals surface area contributed by atoms with Crippen LogP contribution in [0.25, 0.3) is 0 Å². The lowest BCUT2D eigenvalue weighted by atomic mass is 10.0. The molecule has 0 unspecified atom stereocenters. The van der Waals surface area contributed by atoms with Crippen LogP contribution in [0.1, 0.15) is 110 Å². The van der Waals surface area contributed by atoms with Gasteiger partial charge in [-0.2, -0.15) is 0 Å². The lowest BCUT2D eigenvalue weighted by molar-refractivity contribution is -0.0273. The molecule has 0 aromatic heterocycles. The van der Waals surface area contributed by atoms with Gasteiger partial charge in [0.25, 0.3) is 0 Å². The van der Waals surface area contributed by atoms with Gasteiger partial charge in [0.2, 0.25) is 0 Å². The molecule has 0 spiro atoms. The van der Waals surface area contributed by atoms with Crippen molar-refractivity contribution >= 4 is 22.6 Å². The highest BCUT2D eigenvalue weighted by atomic mass is 127. The maximum absolute atomic E-state index is 5.69. The van der Waals surface area contributed by atoms with Crippen molar-refractivity contribution in [1.82, 2.24) is 0 Å². The van der Waals surface area contributed by atoms with Gasteiger partial charge in [0, 0.05) is 11.0 Å². The van der Waals surface area contributed by atoms with Crippen molar-refractivity contribution in [2.45, 2.75) is 110 Å². The fourth-order valence-electron chi connectivity index (χ4n) is 5.11. The molecule has 0 N–H and O–H groups in total. The summed E-state index contributed by atoms with van der Waals surface area (Å²) in [7, 11) is 0. The van der Waals surface area contributed by atoms with E-state index in [1.165, 1.54) is 96.3 Å². The van der Waals surface area contributed by atoms with Gasteiger partial charge in [-0.1, -0.05) is 126 Å². The predicted molar refractivity (Wildman–Crippen MR) is 217 cm³/mol. The first-order valence-corrected chi connectivity index (χ1v) is 22.4. The number of hydrogen-bond donors (Lipinski definition) is 0. The van der Waals surface area contributed by atoms with Crippen LogP contribution in [0.2, 0.25) is 0 Å². The summed E-state index contributed by atoms with van der Waals surface area (Å²) in [5, 5.41) is 0. The van der Waals surface area contributed by atoms with E-state index >= 15 is 0 Å². The molecule has 0 heterocycles. The number of alkyl halides is 1. The Hall–Kier alpha value is 0.290. The maximum Gasteiger partial charge on any atom is 0.0701 e. The van der Waals surface area contributed by atoms with Crippen LogP contribution in [0.3, 0.4) is 0 Å². The zero-order valence-electron chi connectivity index (χ0n) is 33.4. The largest absolute Gasteiger partial charge is 0.379 e. The molecule has 0 radical (unpaired) electrons. The maximum atomic E-state index is 5.69. The second-order valence-corrected chi connectivity index (χ2v) is 13.8. The Bertz CT molecular complexity index is 560. The van der Waals surface area contributed by atoms with Crippen molar-refractivity contribution < 1.29 is 52.1 Å². The molecule has 0 amide bonds. The van der Waals surface area contributed by atoms with E-state index in [0.717, 1.165) is 24.1 Å². The minimum absolute atomic E-state index is 0.528. The van der Waals surface area contributed by atoms with E-state index in [1.807, 2.05) is 0 Å². The molecule has 0 rings (SSSR count). The van der Waals surface area contributed by atoms with Crippen LogP contribution in [0.15, 0.2) is 0 Å². The Labute approximate surface area is 332 Å². The molecule has 0 fully saturated rings. The second-order valence-electron chi connectivity index (χ2n) is 12.7. The first-order chi connectivity index (χ1) is 25.9. The van der Waals surface area contributed by atoms with Gasteiger partial charge in [-0.05, 0) is 6.42 Å². The standard InChI is InChI=1S/C40H81IO11/c1-2-3-4-5-6-7-8-9-10-11-12-13-14-15-16-17-19-42-21-23-44-25-27-46-29-31-48-33-35-50-37-39-52-40-38-51-36-34-49-32-30-47-28-26-45-24-22-43-20-18-41/h2-40H2,1H3. The summed E-state index contributed by atoms with van der Waals surface area (Å²) < 4.78 is 61.5. The summed E-state index contributed by atoms with van der Waals surface area (Å²) in [4.78, 5) is 0. The lowest BCUT2D eigenvalue weighted by Gasteiger charge is -2.09. The normalized spacial score (nSPS) is 11.7. The van der Waals surface area contributed by atoms with Gasteiger partial charge in [0.15, 0.2) is 0 Å². The van der Waals surface area contributed by atoms with Gasteiger partial charge < -0.3 is 52.1 Å². The highest BCUT2D eigenvalue weighted by Crippen LogP contribution is 2.13. The third-order valence-electron chi connectivity index (χ3n) is 8.08. The topological polar surface area (TPSA) is 102 Å². The van der Waals surface area contributed by atoms with Gasteiger partial charge in [-0.15, -0.1) is 0 Å². The van der Waals surface area contributed by atoms with Gasteiger partial charge in [-0.3, -0.25) is 0 Å². The zero-order chi connectivity index (χ0) is 37.4. The average molecular weight is 865 g/mol. The Morgan fingerprint density at radius 1 is 0.212 bits per heavy atom. The van der Waals surface area contributed by atoms with Crippen LogP contribution >= 0.6 is 22.6 Å². The van der Waals surface area contributed by atoms with Crippen molar-refractivity contribution in [3.63, 3.8) is 0 Å². The lowest BCUT2D eigenvalue weighted by Crippen LogP contribution is -2.15. The van der Waals surface area contributed by atoms with E-state index in [1.54, 1.807) is 0 Å². The fraction of sp³-hybridized carbons (Fsp3) is 1.00. The second kappa shape index (κ2) is 51.3. The van der Waals surface area contributed by atoms with E-state index in [0.29, 0.717) is 132 Å². The van der Waals surface area contributed by atoms with Gasteiger partial charge in [-0.25, -0.2) is 0 Å². The van der Waals surface area contributed by atoms with E-state index in [2.05, 4.69) is 29.5 Å². The summed E-state index contributed by atoms with van der Waals surface area (Å²) >= 11 is 2.28. The zero-order valence-corrected chi connectivity index (χ0v) is 35.6. The highest BCUT2D eigenvalue weighted by Gasteiger charge is 1.98. The van der Waals surface area contributed by atoms with Crippen LogP contribution in [0.5, 0.6) is 0 Å². The first-order valence-electron chi connectivity index (χ1n) is 20.8. The number of rotatable bonds is 49. The molecule has 0 aliphatic carbocycles. The van der Waals surface area contributed by atoms with E-state index < -0.39 is 0 Å². The number of hydrogen-bond acceptors (Lipinski definition) is 11. The van der Waals surface area contributed by atoms with Crippen molar-refractivity contribution in [2.24, 2.45) is 0 Å². The molecular weight excluding hydrogens is 783 g/mol. The van der Waals surface area contributed by atoms with Crippen LogP contribution in [0, 0.1) is 0 Å². The van der Waals surface area contributed by atoms with E-state index in [-0.39, 0.29) is 0 Å². The minimum Gasteiger partial charge on any atom is -0.379 e. The SMILES string of the molecule is CCCCCCCCCCCCCCCCCCOCCOCCOCCOCCOCCOCCOCCOCCOCCOCCOCCI. The molecule has 0 saturated heterocycles. The highest BCUT2D eigenvalue weighted by molar-refractivity contribution is 14.1. The Morgan fingerprint density at radius 3 is 0.596 bits per heavy atom. The van der Waals surface area contributed by atoms with Crippen LogP contribution < -0.4 is 0 Å². The number of halogens is 1. The third-order valence-corrected chi connectivity index (χ3v) is 8.52. The summed E-state index contributed by atoms with van der Waals surface area (Å²) in [6.45, 7) is 15.1. The Balaban J connectivity index is 3.04. The molecule has 0 atom stereocenters. The smallest absolute Gasteiger partial charge is 0.0701 e. The minimum atomic E-state index is 0.528. The van der Waals surface area contributed by atoms with Crippen LogP contribution in [-0.4, -0.2) is 150 Å². The summed E-state index contributed by atoms with van der Waals surface area (Å²) in [6, 6.07) is 0. The predicted octanol–water partition coefficient (Wildman–Crippen LogP) is 7.87. The van der Waals surface area contributed by atoms with Crippen molar-refractivity contribution in [3.05, 3.63) is 0 Å². The molecule has 0 aliphatic rings. The van der Waals surface area contributed by atoms with Crippen LogP contribution in [0.4, 0.5) is 0 Å². The number of ether oxygens (including phenoxy) is 11. The third kappa shape index (κ3) is 50.3. The fourth-order valence-corrected chi connectivity index (χ4v) is 5.42. The van der Waals surface area contributed by atoms with E-state index in [9.17, 15) is 0 Å². The molecular formula is C40H81IO11. The molecule has 314 valence electrons. The number of unbranched alkanes of at least 4 members (excludes halogenated alkanes) is 15.